The number of carbonyl (C=O) groups excluding carboxylic acids is 4. The Hall–Kier alpha value is -3.15. The Kier molecular flexibility index (Phi) is 19.7. The summed E-state index contributed by atoms with van der Waals surface area (Å²) in [6.07, 6.45) is 1.16. The van der Waals surface area contributed by atoms with E-state index in [9.17, 15) is 29.1 Å². The quantitative estimate of drug-likeness (QED) is 0.127. The molecule has 9 atom stereocenters. The average molecular weight is 772 g/mol. The maximum atomic E-state index is 14.4. The second-order valence-electron chi connectivity index (χ2n) is 17.0. The molecule has 11 heteroatoms. The second-order valence-corrected chi connectivity index (χ2v) is 17.0. The highest BCUT2D eigenvalue weighted by Crippen LogP contribution is 2.32. The molecule has 0 aromatic heterocycles. The highest BCUT2D eigenvalue weighted by atomic mass is 16.5. The van der Waals surface area contributed by atoms with Crippen LogP contribution in [0.3, 0.4) is 0 Å². The van der Waals surface area contributed by atoms with E-state index in [0.717, 1.165) is 18.4 Å². The van der Waals surface area contributed by atoms with Crippen LogP contribution in [0.2, 0.25) is 0 Å². The maximum absolute atomic E-state index is 14.4. The molecule has 1 heterocycles. The summed E-state index contributed by atoms with van der Waals surface area (Å²) in [5, 5.41) is 9.96. The molecule has 1 fully saturated rings. The minimum atomic E-state index is -1.02. The fourth-order valence-electron chi connectivity index (χ4n) is 8.51. The van der Waals surface area contributed by atoms with Gasteiger partial charge in [-0.1, -0.05) is 85.2 Å². The third-order valence-electron chi connectivity index (χ3n) is 12.2. The smallest absolute Gasteiger partial charge is 0.307 e. The predicted octanol–water partition coefficient (Wildman–Crippen LogP) is 6.41. The second kappa shape index (κ2) is 22.6. The maximum Gasteiger partial charge on any atom is 0.307 e. The topological polar surface area (TPSA) is 134 Å². The molecule has 0 bridgehead atoms. The van der Waals surface area contributed by atoms with Gasteiger partial charge in [0.05, 0.1) is 42.7 Å². The molecule has 2 rings (SSSR count). The minimum absolute atomic E-state index is 0.0116. The number of rotatable bonds is 24. The average Bonchev–Trinajstić information content (AvgIpc) is 3.62. The number of carboxylic acids is 1. The van der Waals surface area contributed by atoms with Crippen molar-refractivity contribution in [2.45, 2.75) is 144 Å². The number of ether oxygens (including phenoxy) is 2. The summed E-state index contributed by atoms with van der Waals surface area (Å²) in [6, 6.07) is 8.35. The molecule has 11 nitrogen and oxygen atoms in total. The molecule has 0 spiro atoms. The number of aliphatic carboxylic acids is 1. The van der Waals surface area contributed by atoms with Crippen LogP contribution >= 0.6 is 0 Å². The van der Waals surface area contributed by atoms with Crippen molar-refractivity contribution in [1.29, 1.82) is 0 Å². The zero-order valence-corrected chi connectivity index (χ0v) is 36.1. The van der Waals surface area contributed by atoms with Crippen LogP contribution in [-0.2, 0) is 39.9 Å². The van der Waals surface area contributed by atoms with E-state index >= 15 is 0 Å². The van der Waals surface area contributed by atoms with Gasteiger partial charge in [-0.25, -0.2) is 0 Å². The molecule has 55 heavy (non-hydrogen) atoms. The Morgan fingerprint density at radius 2 is 1.47 bits per heavy atom. The molecule has 0 saturated carbocycles. The lowest BCUT2D eigenvalue weighted by molar-refractivity contribution is -0.149. The Morgan fingerprint density at radius 1 is 0.855 bits per heavy atom. The van der Waals surface area contributed by atoms with Crippen molar-refractivity contribution in [3.8, 4) is 0 Å². The van der Waals surface area contributed by atoms with Gasteiger partial charge in [-0.3, -0.25) is 28.9 Å². The standard InChI is InChI=1S/C44H73N3O8/c1-14-30(8)41(46(11)43(51)34(27(2)3)25-37(49)40(28(4)5)45(10)29(6)7)38(54-12)26-39(50)47-22-18-21-35(47)42(55-13)31(9)36(48)24-33(44(52)53)23-32-19-16-15-17-20-32/h15-17,19-20,27-31,33-35,38,40-42H,14,18,21-26H2,1-13H3,(H,52,53)/t30-,31-,33+,34?,35-,38+,40-,41-,42+/m0/s1. The Labute approximate surface area is 331 Å². The number of Topliss-reactive ketones (excluding diaryl/α,β-unsaturated/α-hetero) is 2. The van der Waals surface area contributed by atoms with Crippen LogP contribution in [0.1, 0.15) is 106 Å². The van der Waals surface area contributed by atoms with Gasteiger partial charge in [-0.2, -0.15) is 0 Å². The van der Waals surface area contributed by atoms with Crippen molar-refractivity contribution in [1.82, 2.24) is 14.7 Å². The van der Waals surface area contributed by atoms with E-state index in [4.69, 9.17) is 9.47 Å². The predicted molar refractivity (Wildman–Crippen MR) is 216 cm³/mol. The monoisotopic (exact) mass is 772 g/mol. The SMILES string of the molecule is CC[C@H](C)[C@@H]([C@@H](CC(=O)N1CCC[C@H]1[C@H](OC)[C@@H](C)C(=O)C[C@@H](Cc1ccccc1)C(=O)O)OC)N(C)C(=O)C(CC(=O)[C@H](C(C)C)N(C)C(C)C)C(C)C. The van der Waals surface area contributed by atoms with Crippen molar-refractivity contribution < 1.29 is 38.6 Å². The van der Waals surface area contributed by atoms with Crippen LogP contribution < -0.4 is 0 Å². The number of benzene rings is 1. The molecule has 2 amide bonds. The number of hydrogen-bond donors (Lipinski definition) is 1. The first-order chi connectivity index (χ1) is 25.8. The van der Waals surface area contributed by atoms with Gasteiger partial charge in [0.2, 0.25) is 11.8 Å². The van der Waals surface area contributed by atoms with Crippen molar-refractivity contribution in [2.75, 3.05) is 34.9 Å². The van der Waals surface area contributed by atoms with E-state index in [0.29, 0.717) is 13.0 Å². The molecule has 312 valence electrons. The number of carbonyl (C=O) groups is 5. The van der Waals surface area contributed by atoms with Gasteiger partial charge in [0, 0.05) is 58.5 Å². The summed E-state index contributed by atoms with van der Waals surface area (Å²) in [6.45, 7) is 18.5. The van der Waals surface area contributed by atoms with Crippen LogP contribution in [-0.4, -0.2) is 120 Å². The number of carboxylic acid groups (broad SMARTS) is 1. The molecule has 1 unspecified atom stereocenters. The third-order valence-corrected chi connectivity index (χ3v) is 12.2. The zero-order valence-electron chi connectivity index (χ0n) is 36.1. The van der Waals surface area contributed by atoms with Gasteiger partial charge in [0.25, 0.3) is 0 Å². The van der Waals surface area contributed by atoms with Crippen molar-refractivity contribution in [2.24, 2.45) is 35.5 Å². The molecule has 1 aromatic rings. The van der Waals surface area contributed by atoms with Crippen molar-refractivity contribution in [3.63, 3.8) is 0 Å². The number of hydrogen-bond acceptors (Lipinski definition) is 8. The molecular formula is C44H73N3O8. The van der Waals surface area contributed by atoms with Gasteiger partial charge in [0.15, 0.2) is 5.78 Å². The summed E-state index contributed by atoms with van der Waals surface area (Å²) >= 11 is 0. The molecule has 0 aliphatic carbocycles. The van der Waals surface area contributed by atoms with Crippen LogP contribution in [0.15, 0.2) is 30.3 Å². The number of amides is 2. The molecule has 1 aromatic carbocycles. The normalized spacial score (nSPS) is 19.2. The summed E-state index contributed by atoms with van der Waals surface area (Å²) in [5.41, 5.74) is 0.851. The van der Waals surface area contributed by atoms with Crippen molar-refractivity contribution in [3.05, 3.63) is 35.9 Å². The van der Waals surface area contributed by atoms with Gasteiger partial charge < -0.3 is 24.4 Å². The van der Waals surface area contributed by atoms with E-state index in [2.05, 4.69) is 32.6 Å². The van der Waals surface area contributed by atoms with Gasteiger partial charge in [-0.05, 0) is 63.5 Å². The summed E-state index contributed by atoms with van der Waals surface area (Å²) in [4.78, 5) is 73.8. The largest absolute Gasteiger partial charge is 0.481 e. The molecule has 1 aliphatic rings. The number of likely N-dealkylation sites (tertiary alicyclic amines) is 1. The zero-order chi connectivity index (χ0) is 41.7. The molecule has 1 saturated heterocycles. The highest BCUT2D eigenvalue weighted by Gasteiger charge is 2.43. The summed E-state index contributed by atoms with van der Waals surface area (Å²) < 4.78 is 12.0. The first-order valence-corrected chi connectivity index (χ1v) is 20.5. The van der Waals surface area contributed by atoms with Crippen LogP contribution in [0.4, 0.5) is 0 Å². The summed E-state index contributed by atoms with van der Waals surface area (Å²) in [7, 11) is 6.83. The molecule has 1 N–H and O–H groups in total. The van der Waals surface area contributed by atoms with Crippen molar-refractivity contribution >= 4 is 29.4 Å². The molecular weight excluding hydrogens is 698 g/mol. The molecule has 0 radical (unpaired) electrons. The van der Waals surface area contributed by atoms with E-state index in [1.54, 1.807) is 30.9 Å². The van der Waals surface area contributed by atoms with Crippen LogP contribution in [0.5, 0.6) is 0 Å². The van der Waals surface area contributed by atoms with Gasteiger partial charge >= 0.3 is 5.97 Å². The van der Waals surface area contributed by atoms with E-state index in [1.165, 1.54) is 7.11 Å². The lowest BCUT2D eigenvalue weighted by Gasteiger charge is -2.41. The molecule has 1 aliphatic heterocycles. The lowest BCUT2D eigenvalue weighted by Crippen LogP contribution is -2.54. The Bertz CT molecular complexity index is 1380. The van der Waals surface area contributed by atoms with E-state index in [-0.39, 0.29) is 84.9 Å². The van der Waals surface area contributed by atoms with Crippen LogP contribution in [0, 0.1) is 35.5 Å². The summed E-state index contributed by atoms with van der Waals surface area (Å²) in [5.74, 6) is -3.50. The first kappa shape index (κ1) is 48.0. The van der Waals surface area contributed by atoms with Crippen LogP contribution in [0.25, 0.3) is 0 Å². The Morgan fingerprint density at radius 3 is 1.96 bits per heavy atom. The first-order valence-electron chi connectivity index (χ1n) is 20.5. The Balaban J connectivity index is 2.29. The fourth-order valence-corrected chi connectivity index (χ4v) is 8.51. The number of nitrogens with zero attached hydrogens (tertiary/aromatic N) is 3. The van der Waals surface area contributed by atoms with E-state index in [1.807, 2.05) is 65.1 Å². The van der Waals surface area contributed by atoms with Gasteiger partial charge in [0.1, 0.15) is 5.78 Å². The fraction of sp³-hybridized carbons (Fsp3) is 0.750. The minimum Gasteiger partial charge on any atom is -0.481 e. The lowest BCUT2D eigenvalue weighted by atomic mass is 9.83. The van der Waals surface area contributed by atoms with E-state index < -0.39 is 42.0 Å². The third kappa shape index (κ3) is 12.9. The number of likely N-dealkylation sites (N-methyl/N-ethyl adjacent to an activating group) is 2. The van der Waals surface area contributed by atoms with Gasteiger partial charge in [-0.15, -0.1) is 0 Å². The number of methoxy groups -OCH3 is 2. The highest BCUT2D eigenvalue weighted by molar-refractivity contribution is 5.90. The number of ketones is 2.